The van der Waals surface area contributed by atoms with E-state index in [-0.39, 0.29) is 18.0 Å². The third kappa shape index (κ3) is 2.81. The van der Waals surface area contributed by atoms with Crippen molar-refractivity contribution in [2.75, 3.05) is 17.3 Å². The zero-order chi connectivity index (χ0) is 14.9. The molecule has 4 nitrogen and oxygen atoms in total. The first-order chi connectivity index (χ1) is 9.36. The van der Waals surface area contributed by atoms with Crippen molar-refractivity contribution in [3.05, 3.63) is 11.8 Å². The van der Waals surface area contributed by atoms with Crippen molar-refractivity contribution in [2.45, 2.75) is 51.4 Å². The number of nitrogens with zero attached hydrogens (tertiary/aromatic N) is 3. The van der Waals surface area contributed by atoms with Crippen LogP contribution >= 0.6 is 0 Å². The minimum atomic E-state index is -4.46. The van der Waals surface area contributed by atoms with Crippen LogP contribution in [-0.4, -0.2) is 29.1 Å². The lowest BCUT2D eigenvalue weighted by atomic mass is 10.1. The van der Waals surface area contributed by atoms with Gasteiger partial charge in [-0.25, -0.2) is 4.98 Å². The highest BCUT2D eigenvalue weighted by Gasteiger charge is 2.36. The summed E-state index contributed by atoms with van der Waals surface area (Å²) in [5, 5.41) is 2.60. The summed E-state index contributed by atoms with van der Waals surface area (Å²) in [6, 6.07) is 1.48. The van der Waals surface area contributed by atoms with Gasteiger partial charge < -0.3 is 10.2 Å². The van der Waals surface area contributed by atoms with Crippen molar-refractivity contribution in [3.63, 3.8) is 0 Å². The van der Waals surface area contributed by atoms with Crippen molar-refractivity contribution in [2.24, 2.45) is 0 Å². The van der Waals surface area contributed by atoms with E-state index < -0.39 is 11.9 Å². The van der Waals surface area contributed by atoms with E-state index in [0.29, 0.717) is 5.82 Å². The summed E-state index contributed by atoms with van der Waals surface area (Å²) in [5.74, 6) is 0.359. The van der Waals surface area contributed by atoms with Gasteiger partial charge in [-0.1, -0.05) is 6.92 Å². The Morgan fingerprint density at radius 1 is 1.35 bits per heavy atom. The van der Waals surface area contributed by atoms with Crippen LogP contribution in [-0.2, 0) is 6.18 Å². The molecule has 0 amide bonds. The standard InChI is InChI=1S/C13H19F3N4/c1-4-9-6-5-8(2)20(9)11-7-10(13(14,15)16)18-12(17-3)19-11/h7-9H,4-6H2,1-3H3,(H,17,18,19). The van der Waals surface area contributed by atoms with Gasteiger partial charge in [-0.05, 0) is 26.2 Å². The smallest absolute Gasteiger partial charge is 0.357 e. The molecule has 2 rings (SSSR count). The van der Waals surface area contributed by atoms with Gasteiger partial charge in [-0.2, -0.15) is 18.2 Å². The van der Waals surface area contributed by atoms with Gasteiger partial charge in [0.2, 0.25) is 5.95 Å². The maximum absolute atomic E-state index is 12.9. The average molecular weight is 288 g/mol. The Kier molecular flexibility index (Phi) is 4.06. The molecule has 0 aromatic carbocycles. The van der Waals surface area contributed by atoms with Gasteiger partial charge in [0, 0.05) is 25.2 Å². The van der Waals surface area contributed by atoms with Crippen LogP contribution in [0.5, 0.6) is 0 Å². The van der Waals surface area contributed by atoms with Crippen LogP contribution in [0.25, 0.3) is 0 Å². The topological polar surface area (TPSA) is 41.1 Å². The molecule has 2 unspecified atom stereocenters. The molecule has 1 aromatic heterocycles. The van der Waals surface area contributed by atoms with Crippen LogP contribution < -0.4 is 10.2 Å². The van der Waals surface area contributed by atoms with E-state index in [2.05, 4.69) is 15.3 Å². The molecule has 1 aliphatic heterocycles. The second-order valence-corrected chi connectivity index (χ2v) is 5.08. The zero-order valence-electron chi connectivity index (χ0n) is 11.8. The lowest BCUT2D eigenvalue weighted by molar-refractivity contribution is -0.141. The van der Waals surface area contributed by atoms with Crippen molar-refractivity contribution < 1.29 is 13.2 Å². The Morgan fingerprint density at radius 2 is 2.05 bits per heavy atom. The van der Waals surface area contributed by atoms with Crippen molar-refractivity contribution >= 4 is 11.8 Å². The molecule has 1 N–H and O–H groups in total. The minimum absolute atomic E-state index is 0.00350. The van der Waals surface area contributed by atoms with Crippen molar-refractivity contribution in [1.82, 2.24) is 9.97 Å². The third-order valence-electron chi connectivity index (χ3n) is 3.75. The number of nitrogens with one attached hydrogen (secondary N) is 1. The maximum atomic E-state index is 12.9. The SMILES string of the molecule is CCC1CCC(C)N1c1cc(C(F)(F)F)nc(NC)n1. The van der Waals surface area contributed by atoms with E-state index in [1.807, 2.05) is 18.7 Å². The molecule has 1 saturated heterocycles. The summed E-state index contributed by atoms with van der Waals surface area (Å²) < 4.78 is 38.7. The first-order valence-corrected chi connectivity index (χ1v) is 6.79. The molecule has 0 radical (unpaired) electrons. The second-order valence-electron chi connectivity index (χ2n) is 5.08. The molecule has 0 bridgehead atoms. The Morgan fingerprint density at radius 3 is 2.60 bits per heavy atom. The summed E-state index contributed by atoms with van der Waals surface area (Å²) in [6.45, 7) is 4.06. The predicted octanol–water partition coefficient (Wildman–Crippen LogP) is 3.30. The Bertz CT molecular complexity index is 475. The fraction of sp³-hybridized carbons (Fsp3) is 0.692. The first-order valence-electron chi connectivity index (χ1n) is 6.79. The maximum Gasteiger partial charge on any atom is 0.433 e. The Hall–Kier alpha value is -1.53. The van der Waals surface area contributed by atoms with E-state index in [1.54, 1.807) is 0 Å². The van der Waals surface area contributed by atoms with E-state index in [4.69, 9.17) is 0 Å². The number of hydrogen-bond acceptors (Lipinski definition) is 4. The fourth-order valence-corrected chi connectivity index (χ4v) is 2.71. The highest BCUT2D eigenvalue weighted by Crippen LogP contribution is 2.35. The Labute approximate surface area is 116 Å². The third-order valence-corrected chi connectivity index (χ3v) is 3.75. The summed E-state index contributed by atoms with van der Waals surface area (Å²) in [6.07, 6.45) is -1.62. The van der Waals surface area contributed by atoms with Gasteiger partial charge in [0.15, 0.2) is 5.69 Å². The lowest BCUT2D eigenvalue weighted by Crippen LogP contribution is -2.35. The van der Waals surface area contributed by atoms with Crippen LogP contribution in [0.1, 0.15) is 38.8 Å². The molecule has 112 valence electrons. The fourth-order valence-electron chi connectivity index (χ4n) is 2.71. The second kappa shape index (κ2) is 5.46. The van der Waals surface area contributed by atoms with Crippen LogP contribution in [0, 0.1) is 0 Å². The van der Waals surface area contributed by atoms with Crippen molar-refractivity contribution in [3.8, 4) is 0 Å². The van der Waals surface area contributed by atoms with Gasteiger partial charge in [-0.3, -0.25) is 0 Å². The van der Waals surface area contributed by atoms with E-state index >= 15 is 0 Å². The van der Waals surface area contributed by atoms with Gasteiger partial charge in [0.1, 0.15) is 5.82 Å². The summed E-state index contributed by atoms with van der Waals surface area (Å²) in [7, 11) is 1.52. The Balaban J connectivity index is 2.45. The van der Waals surface area contributed by atoms with Crippen molar-refractivity contribution in [1.29, 1.82) is 0 Å². The van der Waals surface area contributed by atoms with Gasteiger partial charge in [-0.15, -0.1) is 0 Å². The summed E-state index contributed by atoms with van der Waals surface area (Å²) in [4.78, 5) is 9.68. The molecule has 1 aromatic rings. The number of hydrogen-bond donors (Lipinski definition) is 1. The molecule has 1 fully saturated rings. The normalized spacial score (nSPS) is 23.2. The van der Waals surface area contributed by atoms with Crippen LogP contribution in [0.4, 0.5) is 24.9 Å². The molecule has 0 saturated carbocycles. The van der Waals surface area contributed by atoms with E-state index in [1.165, 1.54) is 7.05 Å². The van der Waals surface area contributed by atoms with E-state index in [0.717, 1.165) is 25.3 Å². The molecule has 1 aliphatic rings. The number of anilines is 2. The summed E-state index contributed by atoms with van der Waals surface area (Å²) in [5.41, 5.74) is -0.902. The van der Waals surface area contributed by atoms with Gasteiger partial charge >= 0.3 is 6.18 Å². The molecule has 0 spiro atoms. The number of aromatic nitrogens is 2. The quantitative estimate of drug-likeness (QED) is 0.926. The number of rotatable bonds is 3. The molecule has 2 atom stereocenters. The largest absolute Gasteiger partial charge is 0.433 e. The molecule has 20 heavy (non-hydrogen) atoms. The average Bonchev–Trinajstić information content (AvgIpc) is 2.78. The predicted molar refractivity (Wildman–Crippen MR) is 71.8 cm³/mol. The highest BCUT2D eigenvalue weighted by molar-refractivity contribution is 5.48. The monoisotopic (exact) mass is 288 g/mol. The molecule has 7 heteroatoms. The van der Waals surface area contributed by atoms with Crippen LogP contribution in [0.2, 0.25) is 0 Å². The summed E-state index contributed by atoms with van der Waals surface area (Å²) >= 11 is 0. The lowest BCUT2D eigenvalue weighted by Gasteiger charge is -2.29. The van der Waals surface area contributed by atoms with Gasteiger partial charge in [0.05, 0.1) is 0 Å². The van der Waals surface area contributed by atoms with E-state index in [9.17, 15) is 13.2 Å². The number of alkyl halides is 3. The van der Waals surface area contributed by atoms with Crippen LogP contribution in [0.15, 0.2) is 6.07 Å². The molecule has 0 aliphatic carbocycles. The first kappa shape index (κ1) is 14.9. The number of halogens is 3. The van der Waals surface area contributed by atoms with Crippen LogP contribution in [0.3, 0.4) is 0 Å². The zero-order valence-corrected chi connectivity index (χ0v) is 11.8. The molecule has 2 heterocycles. The highest BCUT2D eigenvalue weighted by atomic mass is 19.4. The minimum Gasteiger partial charge on any atom is -0.357 e. The van der Waals surface area contributed by atoms with Gasteiger partial charge in [0.25, 0.3) is 0 Å². The molecular weight excluding hydrogens is 269 g/mol. The molecular formula is C13H19F3N4.